The Labute approximate surface area is 153 Å². The highest BCUT2D eigenvalue weighted by atomic mass is 35.5. The van der Waals surface area contributed by atoms with Crippen molar-refractivity contribution in [2.75, 3.05) is 0 Å². The van der Waals surface area contributed by atoms with Crippen molar-refractivity contribution in [2.24, 2.45) is 4.99 Å². The van der Waals surface area contributed by atoms with Gasteiger partial charge in [-0.25, -0.2) is 0 Å². The molecule has 24 heavy (non-hydrogen) atoms. The van der Waals surface area contributed by atoms with Crippen molar-refractivity contribution >= 4 is 50.7 Å². The summed E-state index contributed by atoms with van der Waals surface area (Å²) in [7, 11) is 0. The molecule has 1 amide bonds. The van der Waals surface area contributed by atoms with E-state index >= 15 is 0 Å². The predicted octanol–water partition coefficient (Wildman–Crippen LogP) is 4.69. The van der Waals surface area contributed by atoms with Gasteiger partial charge in [-0.1, -0.05) is 52.6 Å². The molecule has 0 saturated carbocycles. The second-order valence-corrected chi connectivity index (χ2v) is 6.91. The molecule has 2 aromatic carbocycles. The second kappa shape index (κ2) is 6.82. The summed E-state index contributed by atoms with van der Waals surface area (Å²) in [6.07, 6.45) is 5.49. The number of fused-ring (bicyclic) bond motifs is 1. The second-order valence-electron chi connectivity index (χ2n) is 5.09. The molecular formula is C18H12Cl2N2OS. The summed E-state index contributed by atoms with van der Waals surface area (Å²) >= 11 is 13.7. The molecule has 0 aliphatic rings. The van der Waals surface area contributed by atoms with Crippen LogP contribution in [0.15, 0.2) is 41.4 Å². The van der Waals surface area contributed by atoms with Gasteiger partial charge in [0.05, 0.1) is 27.3 Å². The molecule has 3 nitrogen and oxygen atoms in total. The number of carbonyl (C=O) groups is 1. The molecule has 120 valence electrons. The largest absolute Gasteiger partial charge is 0.304 e. The summed E-state index contributed by atoms with van der Waals surface area (Å²) in [6, 6.07) is 10.6. The van der Waals surface area contributed by atoms with Crippen LogP contribution in [0.3, 0.4) is 0 Å². The molecule has 3 rings (SSSR count). The van der Waals surface area contributed by atoms with Crippen molar-refractivity contribution in [1.29, 1.82) is 0 Å². The molecule has 0 N–H and O–H groups in total. The van der Waals surface area contributed by atoms with E-state index < -0.39 is 5.91 Å². The quantitative estimate of drug-likeness (QED) is 0.599. The van der Waals surface area contributed by atoms with Crippen molar-refractivity contribution < 1.29 is 4.79 Å². The molecule has 6 heteroatoms. The first-order valence-corrected chi connectivity index (χ1v) is 8.65. The third kappa shape index (κ3) is 2.99. The highest BCUT2D eigenvalue weighted by Gasteiger charge is 2.13. The van der Waals surface area contributed by atoms with Gasteiger partial charge in [-0.2, -0.15) is 4.99 Å². The summed E-state index contributed by atoms with van der Waals surface area (Å²) in [5.41, 5.74) is 2.17. The van der Waals surface area contributed by atoms with Crippen molar-refractivity contribution in [3.8, 4) is 12.3 Å². The maximum absolute atomic E-state index is 12.5. The Kier molecular flexibility index (Phi) is 4.77. The molecule has 0 aliphatic carbocycles. The predicted molar refractivity (Wildman–Crippen MR) is 99.7 cm³/mol. The number of aryl methyl sites for hydroxylation is 1. The molecular weight excluding hydrogens is 363 g/mol. The summed E-state index contributed by atoms with van der Waals surface area (Å²) < 4.78 is 2.80. The lowest BCUT2D eigenvalue weighted by Crippen LogP contribution is -2.17. The van der Waals surface area contributed by atoms with Crippen LogP contribution in [0.1, 0.15) is 15.9 Å². The topological polar surface area (TPSA) is 34.4 Å². The fraction of sp³-hybridized carbons (Fsp3) is 0.111. The zero-order valence-electron chi connectivity index (χ0n) is 12.7. The normalized spacial score (nSPS) is 11.7. The van der Waals surface area contributed by atoms with Crippen molar-refractivity contribution in [2.45, 2.75) is 13.5 Å². The Bertz CT molecular complexity index is 1060. The van der Waals surface area contributed by atoms with Gasteiger partial charge >= 0.3 is 0 Å². The lowest BCUT2D eigenvalue weighted by Gasteiger charge is -2.04. The van der Waals surface area contributed by atoms with Crippen LogP contribution in [0.25, 0.3) is 10.2 Å². The number of hydrogen-bond donors (Lipinski definition) is 0. The Morgan fingerprint density at radius 3 is 2.71 bits per heavy atom. The first-order valence-electron chi connectivity index (χ1n) is 7.08. The van der Waals surface area contributed by atoms with Gasteiger partial charge in [-0.3, -0.25) is 4.79 Å². The summed E-state index contributed by atoms with van der Waals surface area (Å²) in [4.78, 5) is 17.2. The highest BCUT2D eigenvalue weighted by molar-refractivity contribution is 7.16. The minimum absolute atomic E-state index is 0.301. The molecule has 0 fully saturated rings. The van der Waals surface area contributed by atoms with E-state index in [2.05, 4.69) is 10.9 Å². The number of amides is 1. The molecule has 0 radical (unpaired) electrons. The fourth-order valence-electron chi connectivity index (χ4n) is 2.42. The van der Waals surface area contributed by atoms with Gasteiger partial charge in [0.15, 0.2) is 4.80 Å². The fourth-order valence-corrected chi connectivity index (χ4v) is 3.88. The van der Waals surface area contributed by atoms with Crippen LogP contribution in [0.5, 0.6) is 0 Å². The summed E-state index contributed by atoms with van der Waals surface area (Å²) in [5.74, 6) is 2.20. The number of carbonyl (C=O) groups excluding carboxylic acids is 1. The first kappa shape index (κ1) is 16.8. The van der Waals surface area contributed by atoms with Gasteiger partial charge < -0.3 is 4.57 Å². The number of nitrogens with zero attached hydrogens (tertiary/aromatic N) is 2. The van der Waals surface area contributed by atoms with Crippen LogP contribution in [-0.2, 0) is 6.54 Å². The van der Waals surface area contributed by atoms with E-state index in [1.54, 1.807) is 24.3 Å². The molecule has 0 aliphatic heterocycles. The van der Waals surface area contributed by atoms with E-state index in [4.69, 9.17) is 29.6 Å². The molecule has 1 heterocycles. The SMILES string of the molecule is C#CCn1c(=NC(=O)c2ccccc2Cl)sc2ccc(Cl)c(C)c21. The average molecular weight is 375 g/mol. The van der Waals surface area contributed by atoms with E-state index in [0.717, 1.165) is 15.8 Å². The minimum atomic E-state index is -0.401. The van der Waals surface area contributed by atoms with Crippen molar-refractivity contribution in [1.82, 2.24) is 4.57 Å². The van der Waals surface area contributed by atoms with Gasteiger partial charge in [0.2, 0.25) is 0 Å². The number of benzene rings is 2. The van der Waals surface area contributed by atoms with E-state index in [-0.39, 0.29) is 0 Å². The maximum atomic E-state index is 12.5. The Morgan fingerprint density at radius 1 is 1.25 bits per heavy atom. The minimum Gasteiger partial charge on any atom is -0.304 e. The monoisotopic (exact) mass is 374 g/mol. The molecule has 1 aromatic heterocycles. The first-order chi connectivity index (χ1) is 11.5. The van der Waals surface area contributed by atoms with Gasteiger partial charge in [0.25, 0.3) is 5.91 Å². The molecule has 3 aromatic rings. The summed E-state index contributed by atoms with van der Waals surface area (Å²) in [5, 5.41) is 1.02. The number of terminal acetylenes is 1. The number of hydrogen-bond acceptors (Lipinski definition) is 2. The standard InChI is InChI=1S/C18H12Cl2N2OS/c1-3-10-22-16-11(2)13(19)8-9-15(16)24-18(22)21-17(23)12-6-4-5-7-14(12)20/h1,4-9H,10H2,2H3. The third-order valence-corrected chi connectivity index (χ3v) is 5.36. The third-order valence-electron chi connectivity index (χ3n) is 3.58. The number of aromatic nitrogens is 1. The van der Waals surface area contributed by atoms with Crippen molar-refractivity contribution in [3.05, 3.63) is 62.4 Å². The van der Waals surface area contributed by atoms with Crippen molar-refractivity contribution in [3.63, 3.8) is 0 Å². The van der Waals surface area contributed by atoms with Crippen LogP contribution < -0.4 is 4.80 Å². The van der Waals surface area contributed by atoms with Crippen LogP contribution in [0.4, 0.5) is 0 Å². The Morgan fingerprint density at radius 2 is 2.00 bits per heavy atom. The molecule has 0 spiro atoms. The van der Waals surface area contributed by atoms with Gasteiger partial charge in [0.1, 0.15) is 0 Å². The van der Waals surface area contributed by atoms with E-state index in [0.29, 0.717) is 27.0 Å². The Hall–Kier alpha value is -2.06. The molecule has 0 saturated heterocycles. The molecule has 0 atom stereocenters. The van der Waals surface area contributed by atoms with Crippen LogP contribution in [-0.4, -0.2) is 10.5 Å². The molecule has 0 unspecified atom stereocenters. The van der Waals surface area contributed by atoms with E-state index in [1.165, 1.54) is 11.3 Å². The molecule has 0 bridgehead atoms. The summed E-state index contributed by atoms with van der Waals surface area (Å²) in [6.45, 7) is 2.22. The number of thiazole rings is 1. The van der Waals surface area contributed by atoms with Crippen LogP contribution in [0, 0.1) is 19.3 Å². The lowest BCUT2D eigenvalue weighted by molar-refractivity contribution is 0.0998. The number of halogens is 2. The highest BCUT2D eigenvalue weighted by Crippen LogP contribution is 2.27. The lowest BCUT2D eigenvalue weighted by atomic mass is 10.2. The van der Waals surface area contributed by atoms with Crippen LogP contribution >= 0.6 is 34.5 Å². The smallest absolute Gasteiger partial charge is 0.281 e. The zero-order valence-corrected chi connectivity index (χ0v) is 15.0. The Balaban J connectivity index is 2.24. The van der Waals surface area contributed by atoms with Gasteiger partial charge in [-0.15, -0.1) is 6.42 Å². The van der Waals surface area contributed by atoms with Gasteiger partial charge in [0, 0.05) is 5.02 Å². The van der Waals surface area contributed by atoms with E-state index in [9.17, 15) is 4.79 Å². The maximum Gasteiger partial charge on any atom is 0.281 e. The van der Waals surface area contributed by atoms with E-state index in [1.807, 2.05) is 23.6 Å². The average Bonchev–Trinajstić information content (AvgIpc) is 2.90. The van der Waals surface area contributed by atoms with Crippen LogP contribution in [0.2, 0.25) is 10.0 Å². The van der Waals surface area contributed by atoms with Gasteiger partial charge in [-0.05, 0) is 36.8 Å². The number of rotatable bonds is 2. The zero-order chi connectivity index (χ0) is 17.3.